The van der Waals surface area contributed by atoms with Crippen molar-refractivity contribution in [2.45, 2.75) is 26.2 Å². The second-order valence-electron chi connectivity index (χ2n) is 3.90. The number of aliphatic imine (C=N–C) groups is 1. The van der Waals surface area contributed by atoms with Crippen LogP contribution < -0.4 is 11.1 Å². The Morgan fingerprint density at radius 2 is 2.27 bits per heavy atom. The molecule has 0 amide bonds. The highest BCUT2D eigenvalue weighted by atomic mass is 14.8. The van der Waals surface area contributed by atoms with Gasteiger partial charge in [-0.2, -0.15) is 0 Å². The van der Waals surface area contributed by atoms with Crippen LogP contribution in [0.3, 0.4) is 0 Å². The zero-order valence-corrected chi connectivity index (χ0v) is 9.55. The van der Waals surface area contributed by atoms with Crippen molar-refractivity contribution >= 4 is 6.72 Å². The average molecular weight is 207 g/mol. The number of rotatable bonds is 4. The van der Waals surface area contributed by atoms with E-state index in [4.69, 9.17) is 5.73 Å². The molecule has 0 atom stereocenters. The first-order chi connectivity index (χ1) is 7.25. The van der Waals surface area contributed by atoms with Crippen LogP contribution in [0.15, 0.2) is 27.9 Å². The van der Waals surface area contributed by atoms with Crippen LogP contribution in [-0.4, -0.2) is 26.4 Å². The van der Waals surface area contributed by atoms with Crippen LogP contribution in [0.4, 0.5) is 0 Å². The van der Waals surface area contributed by atoms with Gasteiger partial charge in [0.25, 0.3) is 0 Å². The Morgan fingerprint density at radius 3 is 3.00 bits per heavy atom. The summed E-state index contributed by atoms with van der Waals surface area (Å²) in [6.07, 6.45) is 5.09. The van der Waals surface area contributed by atoms with E-state index in [2.05, 4.69) is 30.0 Å². The molecule has 1 aliphatic rings. The molecule has 0 bridgehead atoms. The average Bonchev–Trinajstić information content (AvgIpc) is 2.43. The lowest BCUT2D eigenvalue weighted by molar-refractivity contribution is 0.706. The standard InChI is InChI=1S/C12H21N3/c1-10-5-8-15-9-6-11(10)12(13)4-3-7-14-2/h4,15H,2-3,5-9,13H2,1H3/b12-4-. The van der Waals surface area contributed by atoms with E-state index in [0.717, 1.165) is 44.6 Å². The van der Waals surface area contributed by atoms with Gasteiger partial charge in [-0.1, -0.05) is 11.6 Å². The number of hydrogen-bond donors (Lipinski definition) is 2. The highest BCUT2D eigenvalue weighted by Crippen LogP contribution is 2.19. The van der Waals surface area contributed by atoms with E-state index in [1.54, 1.807) is 0 Å². The van der Waals surface area contributed by atoms with E-state index in [0.29, 0.717) is 0 Å². The second kappa shape index (κ2) is 6.40. The number of hydrogen-bond acceptors (Lipinski definition) is 3. The number of nitrogens with one attached hydrogen (secondary N) is 1. The molecule has 0 aromatic carbocycles. The Hall–Kier alpha value is -1.09. The van der Waals surface area contributed by atoms with Crippen LogP contribution in [0.2, 0.25) is 0 Å². The molecule has 0 unspecified atom stereocenters. The van der Waals surface area contributed by atoms with Gasteiger partial charge in [-0.25, -0.2) is 0 Å². The van der Waals surface area contributed by atoms with Gasteiger partial charge >= 0.3 is 0 Å². The van der Waals surface area contributed by atoms with Crippen molar-refractivity contribution in [1.82, 2.24) is 5.32 Å². The third kappa shape index (κ3) is 3.88. The minimum atomic E-state index is 0.755. The molecule has 0 radical (unpaired) electrons. The Balaban J connectivity index is 2.66. The monoisotopic (exact) mass is 207 g/mol. The molecule has 15 heavy (non-hydrogen) atoms. The highest BCUT2D eigenvalue weighted by molar-refractivity contribution is 5.33. The molecule has 1 heterocycles. The zero-order chi connectivity index (χ0) is 11.1. The van der Waals surface area contributed by atoms with Crippen molar-refractivity contribution < 1.29 is 0 Å². The fourth-order valence-corrected chi connectivity index (χ4v) is 1.80. The van der Waals surface area contributed by atoms with Gasteiger partial charge in [0.05, 0.1) is 0 Å². The molecule has 0 saturated heterocycles. The summed E-state index contributed by atoms with van der Waals surface area (Å²) in [5, 5.41) is 3.38. The summed E-state index contributed by atoms with van der Waals surface area (Å²) in [5.41, 5.74) is 9.73. The maximum absolute atomic E-state index is 6.06. The summed E-state index contributed by atoms with van der Waals surface area (Å²) in [6.45, 7) is 8.48. The maximum Gasteiger partial charge on any atom is 0.0417 e. The number of allylic oxidation sites excluding steroid dienone is 1. The van der Waals surface area contributed by atoms with Crippen LogP contribution in [0.25, 0.3) is 0 Å². The fraction of sp³-hybridized carbons (Fsp3) is 0.583. The Morgan fingerprint density at radius 1 is 1.53 bits per heavy atom. The number of nitrogens with two attached hydrogens (primary N) is 1. The number of nitrogens with zero attached hydrogens (tertiary/aromatic N) is 1. The van der Waals surface area contributed by atoms with Crippen LogP contribution in [0.5, 0.6) is 0 Å². The normalized spacial score (nSPS) is 18.9. The predicted molar refractivity (Wildman–Crippen MR) is 66.1 cm³/mol. The lowest BCUT2D eigenvalue weighted by Crippen LogP contribution is -2.14. The molecule has 3 heteroatoms. The minimum absolute atomic E-state index is 0.755. The summed E-state index contributed by atoms with van der Waals surface area (Å²) in [7, 11) is 0. The SMILES string of the molecule is C=NCC/C=C(\N)C1=C(C)CCNCC1. The molecule has 0 aliphatic carbocycles. The van der Waals surface area contributed by atoms with E-state index < -0.39 is 0 Å². The Bertz CT molecular complexity index is 277. The van der Waals surface area contributed by atoms with Gasteiger partial charge in [0.15, 0.2) is 0 Å². The molecule has 0 saturated carbocycles. The van der Waals surface area contributed by atoms with E-state index in [1.165, 1.54) is 11.1 Å². The minimum Gasteiger partial charge on any atom is -0.399 e. The maximum atomic E-state index is 6.06. The molecule has 84 valence electrons. The third-order valence-corrected chi connectivity index (χ3v) is 2.74. The fourth-order valence-electron chi connectivity index (χ4n) is 1.80. The van der Waals surface area contributed by atoms with E-state index in [1.807, 2.05) is 0 Å². The highest BCUT2D eigenvalue weighted by Gasteiger charge is 2.09. The smallest absolute Gasteiger partial charge is 0.0417 e. The zero-order valence-electron chi connectivity index (χ0n) is 9.55. The van der Waals surface area contributed by atoms with Gasteiger partial charge in [0.1, 0.15) is 0 Å². The van der Waals surface area contributed by atoms with Crippen LogP contribution in [-0.2, 0) is 0 Å². The second-order valence-corrected chi connectivity index (χ2v) is 3.90. The summed E-state index contributed by atoms with van der Waals surface area (Å²) in [6, 6.07) is 0. The van der Waals surface area contributed by atoms with Crippen molar-refractivity contribution in [3.8, 4) is 0 Å². The van der Waals surface area contributed by atoms with Gasteiger partial charge in [0, 0.05) is 12.2 Å². The van der Waals surface area contributed by atoms with Crippen molar-refractivity contribution in [2.75, 3.05) is 19.6 Å². The largest absolute Gasteiger partial charge is 0.399 e. The summed E-state index contributed by atoms with van der Waals surface area (Å²) < 4.78 is 0. The van der Waals surface area contributed by atoms with Crippen LogP contribution >= 0.6 is 0 Å². The van der Waals surface area contributed by atoms with Gasteiger partial charge in [-0.3, -0.25) is 0 Å². The van der Waals surface area contributed by atoms with Crippen molar-refractivity contribution in [3.63, 3.8) is 0 Å². The molecule has 1 aliphatic heterocycles. The van der Waals surface area contributed by atoms with Gasteiger partial charge in [-0.15, -0.1) is 0 Å². The Labute approximate surface area is 92.2 Å². The van der Waals surface area contributed by atoms with E-state index in [-0.39, 0.29) is 0 Å². The Kier molecular flexibility index (Phi) is 5.12. The van der Waals surface area contributed by atoms with Crippen molar-refractivity contribution in [2.24, 2.45) is 10.7 Å². The summed E-state index contributed by atoms with van der Waals surface area (Å²) in [4.78, 5) is 3.81. The first-order valence-corrected chi connectivity index (χ1v) is 5.53. The molecular weight excluding hydrogens is 186 g/mol. The lowest BCUT2D eigenvalue weighted by Gasteiger charge is -2.09. The van der Waals surface area contributed by atoms with Crippen LogP contribution in [0.1, 0.15) is 26.2 Å². The van der Waals surface area contributed by atoms with E-state index in [9.17, 15) is 0 Å². The quantitative estimate of drug-likeness (QED) is 0.543. The molecule has 0 fully saturated rings. The molecular formula is C12H21N3. The first kappa shape index (κ1) is 12.0. The summed E-state index contributed by atoms with van der Waals surface area (Å²) >= 11 is 0. The van der Waals surface area contributed by atoms with Crippen molar-refractivity contribution in [3.05, 3.63) is 22.9 Å². The molecule has 3 N–H and O–H groups in total. The summed E-state index contributed by atoms with van der Waals surface area (Å²) in [5.74, 6) is 0. The topological polar surface area (TPSA) is 50.4 Å². The molecule has 3 nitrogen and oxygen atoms in total. The van der Waals surface area contributed by atoms with Crippen LogP contribution in [0, 0.1) is 0 Å². The van der Waals surface area contributed by atoms with Gasteiger partial charge in [0.2, 0.25) is 0 Å². The third-order valence-electron chi connectivity index (χ3n) is 2.74. The van der Waals surface area contributed by atoms with Gasteiger partial charge < -0.3 is 16.0 Å². The van der Waals surface area contributed by atoms with E-state index >= 15 is 0 Å². The first-order valence-electron chi connectivity index (χ1n) is 5.53. The predicted octanol–water partition coefficient (Wildman–Crippen LogP) is 1.62. The lowest BCUT2D eigenvalue weighted by atomic mass is 10.0. The molecule has 0 aromatic heterocycles. The van der Waals surface area contributed by atoms with Gasteiger partial charge in [-0.05, 0) is 51.6 Å². The molecule has 1 rings (SSSR count). The molecule has 0 spiro atoms. The van der Waals surface area contributed by atoms with Crippen molar-refractivity contribution in [1.29, 1.82) is 0 Å². The molecule has 0 aromatic rings.